The van der Waals surface area contributed by atoms with Crippen molar-refractivity contribution >= 4 is 21.9 Å². The zero-order chi connectivity index (χ0) is 12.2. The van der Waals surface area contributed by atoms with Crippen LogP contribution in [0, 0.1) is 0 Å². The van der Waals surface area contributed by atoms with Crippen LogP contribution in [0.25, 0.3) is 0 Å². The molecular formula is C10H8BrF3O2. The monoisotopic (exact) mass is 296 g/mol. The molecule has 1 rings (SSSR count). The average Bonchev–Trinajstić information content (AvgIpc) is 2.24. The van der Waals surface area contributed by atoms with Gasteiger partial charge >= 0.3 is 12.1 Å². The highest BCUT2D eigenvalue weighted by atomic mass is 79.9. The van der Waals surface area contributed by atoms with E-state index in [0.717, 1.165) is 5.56 Å². The number of carbonyl (C=O) groups is 1. The van der Waals surface area contributed by atoms with Crippen LogP contribution < -0.4 is 0 Å². The first-order chi connectivity index (χ1) is 7.45. The molecule has 0 N–H and O–H groups in total. The molecule has 0 aliphatic carbocycles. The maximum absolute atomic E-state index is 11.9. The lowest BCUT2D eigenvalue weighted by Crippen LogP contribution is -2.25. The topological polar surface area (TPSA) is 26.3 Å². The highest BCUT2D eigenvalue weighted by Crippen LogP contribution is 2.19. The Morgan fingerprint density at radius 3 is 2.31 bits per heavy atom. The number of hydrogen-bond acceptors (Lipinski definition) is 2. The van der Waals surface area contributed by atoms with Gasteiger partial charge in [0.2, 0.25) is 0 Å². The summed E-state index contributed by atoms with van der Waals surface area (Å²) >= 11 is 3.19. The first-order valence-corrected chi connectivity index (χ1v) is 5.44. The predicted octanol–water partition coefficient (Wildman–Crippen LogP) is 3.19. The van der Waals surface area contributed by atoms with Gasteiger partial charge in [-0.15, -0.1) is 0 Å². The third kappa shape index (κ3) is 3.52. The van der Waals surface area contributed by atoms with Crippen molar-refractivity contribution in [2.75, 3.05) is 0 Å². The molecule has 0 amide bonds. The summed E-state index contributed by atoms with van der Waals surface area (Å²) < 4.78 is 39.7. The van der Waals surface area contributed by atoms with E-state index in [1.165, 1.54) is 0 Å². The van der Waals surface area contributed by atoms with E-state index in [9.17, 15) is 18.0 Å². The first kappa shape index (κ1) is 13.0. The first-order valence-electron chi connectivity index (χ1n) is 4.32. The number of halogens is 4. The van der Waals surface area contributed by atoms with E-state index in [1.807, 2.05) is 0 Å². The van der Waals surface area contributed by atoms with Gasteiger partial charge in [0.25, 0.3) is 0 Å². The van der Waals surface area contributed by atoms with Gasteiger partial charge in [0.05, 0.1) is 0 Å². The highest BCUT2D eigenvalue weighted by molar-refractivity contribution is 9.08. The summed E-state index contributed by atoms with van der Waals surface area (Å²) in [5.74, 6) is -2.17. The van der Waals surface area contributed by atoms with Crippen molar-refractivity contribution in [2.24, 2.45) is 0 Å². The van der Waals surface area contributed by atoms with Crippen molar-refractivity contribution < 1.29 is 22.7 Å². The molecule has 16 heavy (non-hydrogen) atoms. The van der Waals surface area contributed by atoms with Crippen molar-refractivity contribution in [1.82, 2.24) is 0 Å². The maximum atomic E-state index is 11.9. The SMILES string of the molecule is O=C(OCc1ccccc1CBr)C(F)(F)F. The molecule has 0 heterocycles. The predicted molar refractivity (Wildman–Crippen MR) is 54.9 cm³/mol. The minimum atomic E-state index is -4.94. The van der Waals surface area contributed by atoms with Crippen molar-refractivity contribution in [3.63, 3.8) is 0 Å². The Morgan fingerprint density at radius 1 is 1.25 bits per heavy atom. The normalized spacial score (nSPS) is 11.2. The van der Waals surface area contributed by atoms with Gasteiger partial charge in [-0.25, -0.2) is 4.79 Å². The molecule has 0 fully saturated rings. The quantitative estimate of drug-likeness (QED) is 0.632. The molecule has 6 heteroatoms. The van der Waals surface area contributed by atoms with Crippen molar-refractivity contribution in [3.8, 4) is 0 Å². The molecular weight excluding hydrogens is 289 g/mol. The van der Waals surface area contributed by atoms with E-state index in [4.69, 9.17) is 0 Å². The lowest BCUT2D eigenvalue weighted by molar-refractivity contribution is -0.201. The molecule has 0 aliphatic rings. The molecule has 0 atom stereocenters. The van der Waals surface area contributed by atoms with Crippen LogP contribution in [0.1, 0.15) is 11.1 Å². The van der Waals surface area contributed by atoms with E-state index in [-0.39, 0.29) is 6.61 Å². The lowest BCUT2D eigenvalue weighted by atomic mass is 10.1. The zero-order valence-electron chi connectivity index (χ0n) is 8.05. The van der Waals surface area contributed by atoms with Gasteiger partial charge in [0.1, 0.15) is 6.61 Å². The van der Waals surface area contributed by atoms with Gasteiger partial charge in [-0.05, 0) is 11.1 Å². The minimum absolute atomic E-state index is 0.375. The molecule has 1 aromatic carbocycles. The smallest absolute Gasteiger partial charge is 0.454 e. The van der Waals surface area contributed by atoms with Crippen molar-refractivity contribution in [3.05, 3.63) is 35.4 Å². The number of rotatable bonds is 3. The Hall–Kier alpha value is -1.04. The summed E-state index contributed by atoms with van der Waals surface area (Å²) in [4.78, 5) is 10.5. The van der Waals surface area contributed by atoms with Crippen LogP contribution in [0.3, 0.4) is 0 Å². The summed E-state index contributed by atoms with van der Waals surface area (Å²) in [6.07, 6.45) is -4.94. The van der Waals surface area contributed by atoms with Crippen LogP contribution in [0.15, 0.2) is 24.3 Å². The average molecular weight is 297 g/mol. The van der Waals surface area contributed by atoms with Gasteiger partial charge in [-0.2, -0.15) is 13.2 Å². The molecule has 0 aliphatic heterocycles. The van der Waals surface area contributed by atoms with Gasteiger partial charge in [-0.3, -0.25) is 0 Å². The Bertz CT molecular complexity index is 377. The Kier molecular flexibility index (Phi) is 4.35. The second-order valence-corrected chi connectivity index (χ2v) is 3.54. The fraction of sp³-hybridized carbons (Fsp3) is 0.300. The van der Waals surface area contributed by atoms with Gasteiger partial charge in [0, 0.05) is 5.33 Å². The standard InChI is InChI=1S/C10H8BrF3O2/c11-5-7-3-1-2-4-8(7)6-16-9(15)10(12,13)14/h1-4H,5-6H2. The maximum Gasteiger partial charge on any atom is 0.490 e. The van der Waals surface area contributed by atoms with Crippen LogP contribution >= 0.6 is 15.9 Å². The second-order valence-electron chi connectivity index (χ2n) is 2.98. The molecule has 2 nitrogen and oxygen atoms in total. The van der Waals surface area contributed by atoms with Crippen LogP contribution in [0.5, 0.6) is 0 Å². The number of hydrogen-bond donors (Lipinski definition) is 0. The van der Waals surface area contributed by atoms with Gasteiger partial charge in [-0.1, -0.05) is 40.2 Å². The molecule has 0 spiro atoms. The molecule has 0 unspecified atom stereocenters. The summed E-state index contributed by atoms with van der Waals surface area (Å²) in [5, 5.41) is 0.493. The molecule has 0 bridgehead atoms. The van der Waals surface area contributed by atoms with Crippen LogP contribution in [0.4, 0.5) is 13.2 Å². The Labute approximate surface area is 98.5 Å². The Balaban J connectivity index is 2.65. The molecule has 0 radical (unpaired) electrons. The summed E-state index contributed by atoms with van der Waals surface area (Å²) in [5.41, 5.74) is 1.34. The molecule has 1 aromatic rings. The highest BCUT2D eigenvalue weighted by Gasteiger charge is 2.40. The largest absolute Gasteiger partial charge is 0.490 e. The van der Waals surface area contributed by atoms with Crippen molar-refractivity contribution in [1.29, 1.82) is 0 Å². The fourth-order valence-electron chi connectivity index (χ4n) is 1.05. The molecule has 88 valence electrons. The lowest BCUT2D eigenvalue weighted by Gasteiger charge is -2.09. The number of benzene rings is 1. The molecule has 0 aromatic heterocycles. The van der Waals surface area contributed by atoms with E-state index in [2.05, 4.69) is 20.7 Å². The number of esters is 1. The number of alkyl halides is 4. The van der Waals surface area contributed by atoms with Gasteiger partial charge in [0.15, 0.2) is 0 Å². The number of ether oxygens (including phenoxy) is 1. The summed E-state index contributed by atoms with van der Waals surface area (Å²) in [6, 6.07) is 6.78. The summed E-state index contributed by atoms with van der Waals surface area (Å²) in [7, 11) is 0. The minimum Gasteiger partial charge on any atom is -0.454 e. The van der Waals surface area contributed by atoms with E-state index >= 15 is 0 Å². The fourth-order valence-corrected chi connectivity index (χ4v) is 1.60. The van der Waals surface area contributed by atoms with Crippen LogP contribution in [-0.2, 0) is 21.5 Å². The van der Waals surface area contributed by atoms with E-state index in [0.29, 0.717) is 10.9 Å². The third-order valence-electron chi connectivity index (χ3n) is 1.85. The Morgan fingerprint density at radius 2 is 1.81 bits per heavy atom. The molecule has 0 saturated heterocycles. The number of carbonyl (C=O) groups excluding carboxylic acids is 1. The van der Waals surface area contributed by atoms with E-state index in [1.54, 1.807) is 24.3 Å². The molecule has 0 saturated carbocycles. The summed E-state index contributed by atoms with van der Waals surface area (Å²) in [6.45, 7) is -0.375. The zero-order valence-corrected chi connectivity index (χ0v) is 9.64. The third-order valence-corrected chi connectivity index (χ3v) is 2.46. The van der Waals surface area contributed by atoms with Crippen molar-refractivity contribution in [2.45, 2.75) is 18.1 Å². The van der Waals surface area contributed by atoms with Crippen LogP contribution in [0.2, 0.25) is 0 Å². The van der Waals surface area contributed by atoms with Crippen LogP contribution in [-0.4, -0.2) is 12.1 Å². The van der Waals surface area contributed by atoms with Gasteiger partial charge < -0.3 is 4.74 Å². The second kappa shape index (κ2) is 5.34. The van der Waals surface area contributed by atoms with E-state index < -0.39 is 12.1 Å².